The maximum absolute atomic E-state index is 5.63. The molecule has 18 heavy (non-hydrogen) atoms. The minimum atomic E-state index is 0.600. The molecular weight excluding hydrogens is 264 g/mol. The van der Waals surface area contributed by atoms with Crippen molar-refractivity contribution in [2.45, 2.75) is 20.3 Å². The molecule has 6 heteroatoms. The normalized spacial score (nSPS) is 11.3. The summed E-state index contributed by atoms with van der Waals surface area (Å²) < 4.78 is 0. The smallest absolute Gasteiger partial charge is 0.180 e. The van der Waals surface area contributed by atoms with E-state index in [2.05, 4.69) is 34.1 Å². The summed E-state index contributed by atoms with van der Waals surface area (Å²) in [5, 5.41) is 5.79. The van der Waals surface area contributed by atoms with Crippen LogP contribution in [0.15, 0.2) is 10.8 Å². The Morgan fingerprint density at radius 2 is 1.78 bits per heavy atom. The maximum Gasteiger partial charge on any atom is 0.180 e. The zero-order valence-electron chi connectivity index (χ0n) is 10.7. The minimum absolute atomic E-state index is 0.600. The predicted molar refractivity (Wildman–Crippen MR) is 79.1 cm³/mol. The van der Waals surface area contributed by atoms with Gasteiger partial charge in [0.15, 0.2) is 5.13 Å². The van der Waals surface area contributed by atoms with Crippen LogP contribution in [0.25, 0.3) is 11.4 Å². The van der Waals surface area contributed by atoms with Crippen molar-refractivity contribution in [1.82, 2.24) is 14.9 Å². The third-order valence-electron chi connectivity index (χ3n) is 2.87. The largest absolute Gasteiger partial charge is 0.375 e. The summed E-state index contributed by atoms with van der Waals surface area (Å²) in [7, 11) is 0. The number of hydrogen-bond donors (Lipinski definition) is 1. The van der Waals surface area contributed by atoms with Crippen LogP contribution in [0.3, 0.4) is 0 Å². The van der Waals surface area contributed by atoms with Crippen molar-refractivity contribution in [3.8, 4) is 11.4 Å². The van der Waals surface area contributed by atoms with Crippen LogP contribution >= 0.6 is 22.7 Å². The van der Waals surface area contributed by atoms with E-state index in [1.54, 1.807) is 11.3 Å². The van der Waals surface area contributed by atoms with Crippen molar-refractivity contribution in [3.63, 3.8) is 0 Å². The molecule has 0 amide bonds. The summed E-state index contributed by atoms with van der Waals surface area (Å²) in [6, 6.07) is 0. The highest BCUT2D eigenvalue weighted by molar-refractivity contribution is 7.14. The standard InChI is InChI=1S/C12H18N4S2/c1-3-16(4-2)6-5-11-14-9(7-17-11)10-8-18-12(13)15-10/h7-8H,3-6H2,1-2H3,(H2,13,15). The lowest BCUT2D eigenvalue weighted by atomic mass is 10.3. The van der Waals surface area contributed by atoms with Crippen LogP contribution in [-0.4, -0.2) is 34.5 Å². The second-order valence-corrected chi connectivity index (χ2v) is 5.81. The van der Waals surface area contributed by atoms with Gasteiger partial charge < -0.3 is 10.6 Å². The van der Waals surface area contributed by atoms with Crippen molar-refractivity contribution < 1.29 is 0 Å². The molecule has 2 aromatic heterocycles. The first-order valence-corrected chi connectivity index (χ1v) is 7.87. The minimum Gasteiger partial charge on any atom is -0.375 e. The number of likely N-dealkylation sites (N-methyl/N-ethyl adjacent to an activating group) is 1. The quantitative estimate of drug-likeness (QED) is 0.885. The maximum atomic E-state index is 5.63. The Bertz CT molecular complexity index is 488. The van der Waals surface area contributed by atoms with E-state index in [4.69, 9.17) is 5.73 Å². The second kappa shape index (κ2) is 6.26. The zero-order valence-corrected chi connectivity index (χ0v) is 12.4. The molecule has 0 saturated heterocycles. The molecule has 0 aliphatic rings. The molecule has 0 atom stereocenters. The molecule has 0 bridgehead atoms. The van der Waals surface area contributed by atoms with E-state index in [0.29, 0.717) is 5.13 Å². The van der Waals surface area contributed by atoms with E-state index in [1.807, 2.05) is 5.38 Å². The van der Waals surface area contributed by atoms with E-state index in [9.17, 15) is 0 Å². The molecule has 0 aromatic carbocycles. The molecule has 98 valence electrons. The van der Waals surface area contributed by atoms with Crippen LogP contribution in [0.5, 0.6) is 0 Å². The number of nitrogens with zero attached hydrogens (tertiary/aromatic N) is 3. The summed E-state index contributed by atoms with van der Waals surface area (Å²) >= 11 is 3.16. The van der Waals surface area contributed by atoms with Crippen molar-refractivity contribution in [3.05, 3.63) is 15.8 Å². The number of aromatic nitrogens is 2. The Morgan fingerprint density at radius 3 is 2.39 bits per heavy atom. The number of rotatable bonds is 6. The Labute approximate surface area is 115 Å². The molecule has 2 N–H and O–H groups in total. The predicted octanol–water partition coefficient (Wildman–Crippen LogP) is 2.73. The van der Waals surface area contributed by atoms with Gasteiger partial charge in [0.05, 0.1) is 5.01 Å². The van der Waals surface area contributed by atoms with E-state index in [0.717, 1.165) is 37.4 Å². The van der Waals surface area contributed by atoms with E-state index >= 15 is 0 Å². The fourth-order valence-corrected chi connectivity index (χ4v) is 3.08. The van der Waals surface area contributed by atoms with Crippen molar-refractivity contribution in [2.24, 2.45) is 0 Å². The average molecular weight is 282 g/mol. The molecule has 0 aliphatic carbocycles. The van der Waals surface area contributed by atoms with Gasteiger partial charge in [-0.25, -0.2) is 9.97 Å². The second-order valence-electron chi connectivity index (χ2n) is 3.97. The van der Waals surface area contributed by atoms with Gasteiger partial charge >= 0.3 is 0 Å². The monoisotopic (exact) mass is 282 g/mol. The molecule has 2 rings (SSSR count). The van der Waals surface area contributed by atoms with Gasteiger partial charge in [0, 0.05) is 23.7 Å². The van der Waals surface area contributed by atoms with Gasteiger partial charge in [-0.1, -0.05) is 13.8 Å². The lowest BCUT2D eigenvalue weighted by Gasteiger charge is -2.16. The molecule has 0 spiro atoms. The number of nitrogens with two attached hydrogens (primary N) is 1. The van der Waals surface area contributed by atoms with Gasteiger partial charge in [0.2, 0.25) is 0 Å². The highest BCUT2D eigenvalue weighted by Crippen LogP contribution is 2.24. The van der Waals surface area contributed by atoms with E-state index in [1.165, 1.54) is 16.3 Å². The molecule has 0 fully saturated rings. The number of thiazole rings is 2. The third-order valence-corrected chi connectivity index (χ3v) is 4.45. The van der Waals surface area contributed by atoms with Gasteiger partial charge in [0.1, 0.15) is 11.4 Å². The first-order chi connectivity index (χ1) is 8.72. The van der Waals surface area contributed by atoms with Gasteiger partial charge in [-0.15, -0.1) is 22.7 Å². The summed E-state index contributed by atoms with van der Waals surface area (Å²) in [6.45, 7) is 7.64. The Balaban J connectivity index is 1.98. The Hall–Kier alpha value is -0.980. The van der Waals surface area contributed by atoms with E-state index in [-0.39, 0.29) is 0 Å². The summed E-state index contributed by atoms with van der Waals surface area (Å²) in [5.74, 6) is 0. The van der Waals surface area contributed by atoms with Crippen LogP contribution in [0.4, 0.5) is 5.13 Å². The lowest BCUT2D eigenvalue weighted by molar-refractivity contribution is 0.308. The molecule has 0 saturated carbocycles. The fourth-order valence-electron chi connectivity index (χ4n) is 1.74. The average Bonchev–Trinajstić information content (AvgIpc) is 2.99. The SMILES string of the molecule is CCN(CC)CCc1nc(-c2csc(N)n2)cs1. The molecular formula is C12H18N4S2. The first-order valence-electron chi connectivity index (χ1n) is 6.11. The molecule has 2 aromatic rings. The highest BCUT2D eigenvalue weighted by atomic mass is 32.1. The first kappa shape index (κ1) is 13.5. The van der Waals surface area contributed by atoms with Gasteiger partial charge in [0.25, 0.3) is 0 Å². The van der Waals surface area contributed by atoms with Crippen molar-refractivity contribution >= 4 is 27.8 Å². The van der Waals surface area contributed by atoms with E-state index < -0.39 is 0 Å². The van der Waals surface area contributed by atoms with Crippen LogP contribution < -0.4 is 5.73 Å². The topological polar surface area (TPSA) is 55.0 Å². The fraction of sp³-hybridized carbons (Fsp3) is 0.500. The lowest BCUT2D eigenvalue weighted by Crippen LogP contribution is -2.25. The summed E-state index contributed by atoms with van der Waals surface area (Å²) in [6.07, 6.45) is 1.01. The zero-order chi connectivity index (χ0) is 13.0. The third kappa shape index (κ3) is 3.28. The Kier molecular flexibility index (Phi) is 4.68. The summed E-state index contributed by atoms with van der Waals surface area (Å²) in [5.41, 5.74) is 7.47. The molecule has 0 unspecified atom stereocenters. The van der Waals surface area contributed by atoms with Crippen LogP contribution in [-0.2, 0) is 6.42 Å². The van der Waals surface area contributed by atoms with Gasteiger partial charge in [-0.2, -0.15) is 0 Å². The van der Waals surface area contributed by atoms with Crippen LogP contribution in [0.1, 0.15) is 18.9 Å². The van der Waals surface area contributed by atoms with Crippen molar-refractivity contribution in [1.29, 1.82) is 0 Å². The molecule has 0 radical (unpaired) electrons. The number of nitrogen functional groups attached to an aromatic ring is 1. The molecule has 4 nitrogen and oxygen atoms in total. The van der Waals surface area contributed by atoms with Gasteiger partial charge in [-0.05, 0) is 13.1 Å². The van der Waals surface area contributed by atoms with Crippen LogP contribution in [0.2, 0.25) is 0 Å². The Morgan fingerprint density at radius 1 is 1.11 bits per heavy atom. The molecule has 2 heterocycles. The van der Waals surface area contributed by atoms with Crippen molar-refractivity contribution in [2.75, 3.05) is 25.4 Å². The summed E-state index contributed by atoms with van der Waals surface area (Å²) in [4.78, 5) is 11.3. The number of anilines is 1. The van der Waals surface area contributed by atoms with Crippen LogP contribution in [0, 0.1) is 0 Å². The number of hydrogen-bond acceptors (Lipinski definition) is 6. The highest BCUT2D eigenvalue weighted by Gasteiger charge is 2.08. The van der Waals surface area contributed by atoms with Gasteiger partial charge in [-0.3, -0.25) is 0 Å². The molecule has 0 aliphatic heterocycles.